The number of carbonyl (C=O) groups is 1. The molecule has 114 valence electrons. The van der Waals surface area contributed by atoms with Crippen LogP contribution in [0.5, 0.6) is 11.8 Å². The van der Waals surface area contributed by atoms with Crippen molar-refractivity contribution in [1.82, 2.24) is 15.3 Å². The topological polar surface area (TPSA) is 85.4 Å². The van der Waals surface area contributed by atoms with Crippen LogP contribution in [0.3, 0.4) is 0 Å². The second-order valence-corrected chi connectivity index (χ2v) is 5.51. The van der Waals surface area contributed by atoms with Crippen molar-refractivity contribution in [3.63, 3.8) is 0 Å². The third-order valence-corrected chi connectivity index (χ3v) is 4.36. The molecule has 21 heavy (non-hydrogen) atoms. The number of hydrogen-bond donors (Lipinski definition) is 2. The van der Waals surface area contributed by atoms with Crippen LogP contribution in [0.2, 0.25) is 0 Å². The Bertz CT molecular complexity index is 515. The van der Waals surface area contributed by atoms with Crippen LogP contribution in [0.25, 0.3) is 0 Å². The summed E-state index contributed by atoms with van der Waals surface area (Å²) in [5, 5.41) is 6.07. The van der Waals surface area contributed by atoms with Gasteiger partial charge in [0.1, 0.15) is 0 Å². The number of anilines is 1. The van der Waals surface area contributed by atoms with E-state index in [-0.39, 0.29) is 17.9 Å². The molecule has 3 rings (SSSR count). The quantitative estimate of drug-likeness (QED) is 0.854. The standard InChI is InChI=1S/C14H20N4O3/c1-20-10-6-11(21-2)17-14(16-10)18-13(19)12-9-5-3-4-8(9)7-15-12/h6,8-9,12,15H,3-5,7H2,1-2H3,(H,16,17,18,19). The molecule has 0 spiro atoms. The third kappa shape index (κ3) is 2.78. The number of nitrogens with zero attached hydrogens (tertiary/aromatic N) is 2. The molecule has 1 aromatic heterocycles. The Hall–Kier alpha value is -1.89. The zero-order valence-electron chi connectivity index (χ0n) is 12.3. The first-order chi connectivity index (χ1) is 10.2. The van der Waals surface area contributed by atoms with Crippen molar-refractivity contribution in [2.45, 2.75) is 25.3 Å². The summed E-state index contributed by atoms with van der Waals surface area (Å²) in [6, 6.07) is 1.41. The number of rotatable bonds is 4. The van der Waals surface area contributed by atoms with Crippen LogP contribution in [0.4, 0.5) is 5.95 Å². The van der Waals surface area contributed by atoms with E-state index in [1.807, 2.05) is 0 Å². The zero-order chi connectivity index (χ0) is 14.8. The summed E-state index contributed by atoms with van der Waals surface area (Å²) in [5.41, 5.74) is 0. The van der Waals surface area contributed by atoms with Gasteiger partial charge >= 0.3 is 0 Å². The number of methoxy groups -OCH3 is 2. The molecule has 0 bridgehead atoms. The minimum Gasteiger partial charge on any atom is -0.481 e. The number of amides is 1. The van der Waals surface area contributed by atoms with Gasteiger partial charge in [0.25, 0.3) is 0 Å². The van der Waals surface area contributed by atoms with Crippen LogP contribution < -0.4 is 20.1 Å². The average molecular weight is 292 g/mol. The van der Waals surface area contributed by atoms with E-state index in [1.54, 1.807) is 6.07 Å². The Kier molecular flexibility index (Phi) is 3.92. The summed E-state index contributed by atoms with van der Waals surface area (Å²) in [6.45, 7) is 0.922. The van der Waals surface area contributed by atoms with Gasteiger partial charge in [0.15, 0.2) is 0 Å². The van der Waals surface area contributed by atoms with Gasteiger partial charge in [-0.1, -0.05) is 6.42 Å². The van der Waals surface area contributed by atoms with E-state index in [0.29, 0.717) is 23.6 Å². The summed E-state index contributed by atoms with van der Waals surface area (Å²) < 4.78 is 10.2. The van der Waals surface area contributed by atoms with Crippen molar-refractivity contribution < 1.29 is 14.3 Å². The molecule has 7 heteroatoms. The predicted molar refractivity (Wildman–Crippen MR) is 76.4 cm³/mol. The van der Waals surface area contributed by atoms with E-state index in [4.69, 9.17) is 9.47 Å². The van der Waals surface area contributed by atoms with Gasteiger partial charge < -0.3 is 14.8 Å². The summed E-state index contributed by atoms with van der Waals surface area (Å²) in [6.07, 6.45) is 3.53. The largest absolute Gasteiger partial charge is 0.481 e. The van der Waals surface area contributed by atoms with Crippen molar-refractivity contribution in [1.29, 1.82) is 0 Å². The number of nitrogens with one attached hydrogen (secondary N) is 2. The lowest BCUT2D eigenvalue weighted by Crippen LogP contribution is -2.40. The Morgan fingerprint density at radius 3 is 2.67 bits per heavy atom. The van der Waals surface area contributed by atoms with Crippen molar-refractivity contribution in [3.05, 3.63) is 6.07 Å². The van der Waals surface area contributed by atoms with Crippen molar-refractivity contribution in [2.24, 2.45) is 11.8 Å². The van der Waals surface area contributed by atoms with E-state index in [9.17, 15) is 4.79 Å². The molecule has 1 saturated heterocycles. The first-order valence-electron chi connectivity index (χ1n) is 7.22. The average Bonchev–Trinajstić information content (AvgIpc) is 3.09. The van der Waals surface area contributed by atoms with Crippen LogP contribution in [-0.4, -0.2) is 42.7 Å². The number of ether oxygens (including phenoxy) is 2. The first-order valence-corrected chi connectivity index (χ1v) is 7.22. The molecule has 1 aliphatic carbocycles. The molecule has 0 aromatic carbocycles. The van der Waals surface area contributed by atoms with E-state index < -0.39 is 0 Å². The third-order valence-electron chi connectivity index (χ3n) is 4.36. The smallest absolute Gasteiger partial charge is 0.244 e. The summed E-state index contributed by atoms with van der Waals surface area (Å²) >= 11 is 0. The maximum Gasteiger partial charge on any atom is 0.244 e. The second kappa shape index (κ2) is 5.85. The number of aromatic nitrogens is 2. The van der Waals surface area contributed by atoms with Gasteiger partial charge in [0.2, 0.25) is 23.6 Å². The van der Waals surface area contributed by atoms with Crippen LogP contribution in [0.15, 0.2) is 6.07 Å². The second-order valence-electron chi connectivity index (χ2n) is 5.51. The lowest BCUT2D eigenvalue weighted by molar-refractivity contribution is -0.118. The van der Waals surface area contributed by atoms with Gasteiger partial charge in [-0.3, -0.25) is 10.1 Å². The van der Waals surface area contributed by atoms with Crippen LogP contribution in [0.1, 0.15) is 19.3 Å². The molecule has 1 aliphatic heterocycles. The molecule has 7 nitrogen and oxygen atoms in total. The summed E-state index contributed by atoms with van der Waals surface area (Å²) in [4.78, 5) is 20.7. The van der Waals surface area contributed by atoms with Crippen molar-refractivity contribution >= 4 is 11.9 Å². The van der Waals surface area contributed by atoms with Crippen molar-refractivity contribution in [2.75, 3.05) is 26.1 Å². The molecule has 0 radical (unpaired) electrons. The molecule has 1 amide bonds. The molecule has 1 saturated carbocycles. The number of hydrogen-bond acceptors (Lipinski definition) is 6. The van der Waals surface area contributed by atoms with E-state index in [1.165, 1.54) is 27.1 Å². The highest BCUT2D eigenvalue weighted by Gasteiger charge is 2.42. The Balaban J connectivity index is 1.72. The summed E-state index contributed by atoms with van der Waals surface area (Å²) in [7, 11) is 3.02. The fourth-order valence-corrected chi connectivity index (χ4v) is 3.33. The number of fused-ring (bicyclic) bond motifs is 1. The minimum atomic E-state index is -0.154. The van der Waals surface area contributed by atoms with E-state index >= 15 is 0 Å². The van der Waals surface area contributed by atoms with Crippen LogP contribution in [0, 0.1) is 11.8 Å². The molecule has 3 atom stereocenters. The van der Waals surface area contributed by atoms with Gasteiger partial charge in [-0.05, 0) is 31.2 Å². The molecule has 1 aromatic rings. The fraction of sp³-hybridized carbons (Fsp3) is 0.643. The molecular weight excluding hydrogens is 272 g/mol. The summed E-state index contributed by atoms with van der Waals surface area (Å²) in [5.74, 6) is 1.89. The van der Waals surface area contributed by atoms with Gasteiger partial charge in [0.05, 0.1) is 26.3 Å². The molecule has 2 aliphatic rings. The van der Waals surface area contributed by atoms with Gasteiger partial charge in [-0.25, -0.2) is 0 Å². The van der Waals surface area contributed by atoms with Crippen LogP contribution in [-0.2, 0) is 4.79 Å². The van der Waals surface area contributed by atoms with Gasteiger partial charge in [-0.15, -0.1) is 0 Å². The Morgan fingerprint density at radius 2 is 2.00 bits per heavy atom. The maximum atomic E-state index is 12.4. The number of carbonyl (C=O) groups excluding carboxylic acids is 1. The minimum absolute atomic E-state index is 0.0836. The van der Waals surface area contributed by atoms with Crippen molar-refractivity contribution in [3.8, 4) is 11.8 Å². The lowest BCUT2D eigenvalue weighted by Gasteiger charge is -2.17. The Morgan fingerprint density at radius 1 is 1.29 bits per heavy atom. The Labute approximate surface area is 123 Å². The normalized spacial score (nSPS) is 27.2. The highest BCUT2D eigenvalue weighted by molar-refractivity contribution is 5.94. The molecule has 3 unspecified atom stereocenters. The first kappa shape index (κ1) is 14.1. The molecular formula is C14H20N4O3. The predicted octanol–water partition coefficient (Wildman–Crippen LogP) is 0.820. The zero-order valence-corrected chi connectivity index (χ0v) is 12.3. The van der Waals surface area contributed by atoms with E-state index in [0.717, 1.165) is 13.0 Å². The molecule has 2 heterocycles. The lowest BCUT2D eigenvalue weighted by atomic mass is 9.94. The van der Waals surface area contributed by atoms with E-state index in [2.05, 4.69) is 20.6 Å². The monoisotopic (exact) mass is 292 g/mol. The molecule has 2 fully saturated rings. The van der Waals surface area contributed by atoms with Gasteiger partial charge in [-0.2, -0.15) is 9.97 Å². The molecule has 2 N–H and O–H groups in total. The van der Waals surface area contributed by atoms with Gasteiger partial charge in [0, 0.05) is 0 Å². The fourth-order valence-electron chi connectivity index (χ4n) is 3.33. The maximum absolute atomic E-state index is 12.4. The highest BCUT2D eigenvalue weighted by atomic mass is 16.5. The highest BCUT2D eigenvalue weighted by Crippen LogP contribution is 2.37. The van der Waals surface area contributed by atoms with Crippen LogP contribution >= 0.6 is 0 Å². The SMILES string of the molecule is COc1cc(OC)nc(NC(=O)C2NCC3CCCC32)n1.